The Morgan fingerprint density at radius 1 is 1.08 bits per heavy atom. The zero-order valence-corrected chi connectivity index (χ0v) is 13.8. The number of ether oxygens (including phenoxy) is 2. The third kappa shape index (κ3) is 3.55. The number of benzene rings is 2. The molecule has 2 aromatic carbocycles. The third-order valence-corrected chi connectivity index (χ3v) is 3.61. The molecule has 0 aliphatic carbocycles. The van der Waals surface area contributed by atoms with Crippen molar-refractivity contribution in [2.45, 2.75) is 0 Å². The second-order valence-electron chi connectivity index (χ2n) is 5.09. The van der Waals surface area contributed by atoms with Crippen LogP contribution in [-0.4, -0.2) is 40.6 Å². The highest BCUT2D eigenvalue weighted by Gasteiger charge is 2.13. The van der Waals surface area contributed by atoms with Crippen LogP contribution in [0, 0.1) is 0 Å². The first-order chi connectivity index (χ1) is 12.2. The second kappa shape index (κ2) is 7.39. The molecule has 0 atom stereocenters. The Kier molecular flexibility index (Phi) is 4.84. The fourth-order valence-corrected chi connectivity index (χ4v) is 2.39. The molecule has 3 rings (SSSR count). The molecule has 1 heterocycles. The van der Waals surface area contributed by atoms with Gasteiger partial charge in [-0.3, -0.25) is 4.79 Å². The Morgan fingerprint density at radius 3 is 2.60 bits per heavy atom. The summed E-state index contributed by atoms with van der Waals surface area (Å²) < 4.78 is 10.5. The number of nitrogens with zero attached hydrogens (tertiary/aromatic N) is 3. The van der Waals surface area contributed by atoms with Crippen LogP contribution in [0.2, 0.25) is 0 Å². The number of tetrazole rings is 1. The first kappa shape index (κ1) is 16.4. The Morgan fingerprint density at radius 2 is 1.88 bits per heavy atom. The molecule has 0 amide bonds. The lowest BCUT2D eigenvalue weighted by atomic mass is 10.0. The Hall–Kier alpha value is -3.48. The van der Waals surface area contributed by atoms with Gasteiger partial charge < -0.3 is 9.47 Å². The number of ketones is 1. The molecule has 0 fully saturated rings. The smallest absolute Gasteiger partial charge is 0.205 e. The number of rotatable bonds is 6. The monoisotopic (exact) mass is 336 g/mol. The van der Waals surface area contributed by atoms with Crippen LogP contribution in [0.1, 0.15) is 15.9 Å². The number of methoxy groups -OCH3 is 2. The highest BCUT2D eigenvalue weighted by atomic mass is 16.5. The molecule has 0 bridgehead atoms. The number of hydrogen-bond donors (Lipinski definition) is 1. The number of carbonyl (C=O) groups excluding carboxylic acids is 1. The second-order valence-corrected chi connectivity index (χ2v) is 5.09. The van der Waals surface area contributed by atoms with Crippen LogP contribution in [0.3, 0.4) is 0 Å². The summed E-state index contributed by atoms with van der Waals surface area (Å²) in [7, 11) is 3.14. The van der Waals surface area contributed by atoms with Gasteiger partial charge in [0, 0.05) is 11.1 Å². The first-order valence-corrected chi connectivity index (χ1v) is 7.50. The number of hydrogen-bond acceptors (Lipinski definition) is 6. The Labute approximate surface area is 144 Å². The Balaban J connectivity index is 1.87. The maximum atomic E-state index is 12.6. The maximum Gasteiger partial charge on any atom is 0.205 e. The number of aromatic amines is 1. The normalized spacial score (nSPS) is 10.8. The summed E-state index contributed by atoms with van der Waals surface area (Å²) >= 11 is 0. The van der Waals surface area contributed by atoms with Crippen LogP contribution < -0.4 is 9.47 Å². The SMILES string of the molecule is COc1ccc(/C=C/C(=O)c2ccccc2-c2nn[nH]n2)cc1OC. The molecule has 0 aliphatic rings. The molecule has 3 aromatic rings. The predicted octanol–water partition coefficient (Wildman–Crippen LogP) is 2.78. The molecule has 126 valence electrons. The molecule has 0 saturated heterocycles. The predicted molar refractivity (Wildman–Crippen MR) is 92.5 cm³/mol. The largest absolute Gasteiger partial charge is 0.493 e. The number of carbonyl (C=O) groups is 1. The van der Waals surface area contributed by atoms with E-state index < -0.39 is 0 Å². The molecule has 25 heavy (non-hydrogen) atoms. The summed E-state index contributed by atoms with van der Waals surface area (Å²) in [6.45, 7) is 0. The molecular formula is C18H16N4O3. The molecule has 0 aliphatic heterocycles. The van der Waals surface area contributed by atoms with Crippen molar-refractivity contribution in [2.24, 2.45) is 0 Å². The van der Waals surface area contributed by atoms with Gasteiger partial charge in [0.2, 0.25) is 5.82 Å². The van der Waals surface area contributed by atoms with E-state index in [-0.39, 0.29) is 5.78 Å². The molecule has 1 N–H and O–H groups in total. The van der Waals surface area contributed by atoms with Crippen LogP contribution in [0.4, 0.5) is 0 Å². The zero-order chi connectivity index (χ0) is 17.6. The van der Waals surface area contributed by atoms with Gasteiger partial charge in [-0.05, 0) is 29.0 Å². The molecule has 0 saturated carbocycles. The highest BCUT2D eigenvalue weighted by Crippen LogP contribution is 2.28. The number of allylic oxidation sites excluding steroid dienone is 1. The minimum absolute atomic E-state index is 0.157. The van der Waals surface area contributed by atoms with Crippen LogP contribution >= 0.6 is 0 Å². The standard InChI is InChI=1S/C18H16N4O3/c1-24-16-10-8-12(11-17(16)25-2)7-9-15(23)13-5-3-4-6-14(13)18-19-21-22-20-18/h3-11H,1-2H3,(H,19,20,21,22)/b9-7+. The van der Waals surface area contributed by atoms with Crippen molar-refractivity contribution in [2.75, 3.05) is 14.2 Å². The summed E-state index contributed by atoms with van der Waals surface area (Å²) in [5.41, 5.74) is 1.95. The Bertz CT molecular complexity index is 904. The van der Waals surface area contributed by atoms with Gasteiger partial charge >= 0.3 is 0 Å². The molecule has 7 nitrogen and oxygen atoms in total. The average Bonchev–Trinajstić information content (AvgIpc) is 3.20. The van der Waals surface area contributed by atoms with Crippen LogP contribution in [0.15, 0.2) is 48.5 Å². The van der Waals surface area contributed by atoms with Crippen molar-refractivity contribution in [3.8, 4) is 22.9 Å². The van der Waals surface area contributed by atoms with E-state index in [0.29, 0.717) is 28.5 Å². The lowest BCUT2D eigenvalue weighted by molar-refractivity contribution is 0.104. The number of H-pyrrole nitrogens is 1. The van der Waals surface area contributed by atoms with Gasteiger partial charge in [0.1, 0.15) is 0 Å². The van der Waals surface area contributed by atoms with Crippen molar-refractivity contribution < 1.29 is 14.3 Å². The van der Waals surface area contributed by atoms with Gasteiger partial charge in [0.05, 0.1) is 14.2 Å². The topological polar surface area (TPSA) is 90.0 Å². The van der Waals surface area contributed by atoms with E-state index in [9.17, 15) is 4.79 Å². The third-order valence-electron chi connectivity index (χ3n) is 3.61. The first-order valence-electron chi connectivity index (χ1n) is 7.50. The minimum atomic E-state index is -0.157. The molecule has 0 radical (unpaired) electrons. The quantitative estimate of drug-likeness (QED) is 0.550. The van der Waals surface area contributed by atoms with Crippen LogP contribution in [0.5, 0.6) is 11.5 Å². The number of aromatic nitrogens is 4. The molecular weight excluding hydrogens is 320 g/mol. The summed E-state index contributed by atoms with van der Waals surface area (Å²) in [4.78, 5) is 12.6. The van der Waals surface area contributed by atoms with Crippen molar-refractivity contribution in [1.29, 1.82) is 0 Å². The van der Waals surface area contributed by atoms with Gasteiger partial charge in [-0.2, -0.15) is 5.21 Å². The molecule has 0 spiro atoms. The van der Waals surface area contributed by atoms with Crippen LogP contribution in [-0.2, 0) is 0 Å². The fraction of sp³-hybridized carbons (Fsp3) is 0.111. The summed E-state index contributed by atoms with van der Waals surface area (Å²) in [6, 6.07) is 12.6. The zero-order valence-electron chi connectivity index (χ0n) is 13.8. The van der Waals surface area contributed by atoms with Gasteiger partial charge in [-0.15, -0.1) is 10.2 Å². The van der Waals surface area contributed by atoms with Gasteiger partial charge in [0.15, 0.2) is 17.3 Å². The van der Waals surface area contributed by atoms with E-state index in [1.807, 2.05) is 12.1 Å². The van der Waals surface area contributed by atoms with E-state index >= 15 is 0 Å². The van der Waals surface area contributed by atoms with Crippen molar-refractivity contribution in [3.63, 3.8) is 0 Å². The molecule has 1 aromatic heterocycles. The molecule has 0 unspecified atom stereocenters. The van der Waals surface area contributed by atoms with Crippen molar-refractivity contribution in [3.05, 3.63) is 59.7 Å². The van der Waals surface area contributed by atoms with Gasteiger partial charge in [0.25, 0.3) is 0 Å². The fourth-order valence-electron chi connectivity index (χ4n) is 2.39. The number of nitrogens with one attached hydrogen (secondary N) is 1. The molecule has 7 heteroatoms. The van der Waals surface area contributed by atoms with Gasteiger partial charge in [-0.25, -0.2) is 0 Å². The summed E-state index contributed by atoms with van der Waals surface area (Å²) in [5.74, 6) is 1.45. The summed E-state index contributed by atoms with van der Waals surface area (Å²) in [5, 5.41) is 13.8. The van der Waals surface area contributed by atoms with E-state index in [0.717, 1.165) is 5.56 Å². The van der Waals surface area contributed by atoms with Crippen molar-refractivity contribution in [1.82, 2.24) is 20.6 Å². The van der Waals surface area contributed by atoms with E-state index in [2.05, 4.69) is 20.6 Å². The summed E-state index contributed by atoms with van der Waals surface area (Å²) in [6.07, 6.45) is 3.22. The highest BCUT2D eigenvalue weighted by molar-refractivity contribution is 6.10. The van der Waals surface area contributed by atoms with Crippen LogP contribution in [0.25, 0.3) is 17.5 Å². The lowest BCUT2D eigenvalue weighted by Gasteiger charge is -2.07. The lowest BCUT2D eigenvalue weighted by Crippen LogP contribution is -1.98. The minimum Gasteiger partial charge on any atom is -0.493 e. The average molecular weight is 336 g/mol. The van der Waals surface area contributed by atoms with E-state index in [1.54, 1.807) is 50.6 Å². The maximum absolute atomic E-state index is 12.6. The van der Waals surface area contributed by atoms with E-state index in [1.165, 1.54) is 6.08 Å². The van der Waals surface area contributed by atoms with Gasteiger partial charge in [-0.1, -0.05) is 36.4 Å². The van der Waals surface area contributed by atoms with E-state index in [4.69, 9.17) is 9.47 Å². The van der Waals surface area contributed by atoms with Crippen molar-refractivity contribution >= 4 is 11.9 Å².